The van der Waals surface area contributed by atoms with Gasteiger partial charge in [0, 0.05) is 12.7 Å². The van der Waals surface area contributed by atoms with E-state index in [1.54, 1.807) is 18.3 Å². The Labute approximate surface area is 164 Å². The Hall–Kier alpha value is -2.76. The summed E-state index contributed by atoms with van der Waals surface area (Å²) in [5.41, 5.74) is 3.08. The molecule has 148 valence electrons. The summed E-state index contributed by atoms with van der Waals surface area (Å²) >= 11 is 0. The second-order valence-electron chi connectivity index (χ2n) is 7.39. The van der Waals surface area contributed by atoms with Crippen LogP contribution in [0, 0.1) is 11.7 Å². The molecule has 0 radical (unpaired) electrons. The van der Waals surface area contributed by atoms with E-state index in [0.717, 1.165) is 36.0 Å². The second kappa shape index (κ2) is 8.95. The third-order valence-corrected chi connectivity index (χ3v) is 5.05. The molecule has 5 nitrogen and oxygen atoms in total. The van der Waals surface area contributed by atoms with Crippen molar-refractivity contribution in [3.63, 3.8) is 0 Å². The molecule has 2 aromatic rings. The van der Waals surface area contributed by atoms with Crippen LogP contribution < -0.4 is 5.32 Å². The lowest BCUT2D eigenvalue weighted by Gasteiger charge is -2.14. The molecule has 2 N–H and O–H groups in total. The molecular weight excluding hydrogens is 359 g/mol. The van der Waals surface area contributed by atoms with E-state index >= 15 is 0 Å². The average Bonchev–Trinajstić information content (AvgIpc) is 3.51. The monoisotopic (exact) mass is 384 g/mol. The number of carboxylic acid groups (broad SMARTS) is 1. The largest absolute Gasteiger partial charge is 0.481 e. The van der Waals surface area contributed by atoms with E-state index < -0.39 is 11.9 Å². The number of carboxylic acids is 1. The summed E-state index contributed by atoms with van der Waals surface area (Å²) in [6.45, 7) is 1.99. The van der Waals surface area contributed by atoms with Gasteiger partial charge in [0.25, 0.3) is 5.91 Å². The summed E-state index contributed by atoms with van der Waals surface area (Å²) in [7, 11) is 0. The van der Waals surface area contributed by atoms with Crippen LogP contribution in [0.2, 0.25) is 0 Å². The predicted molar refractivity (Wildman–Crippen MR) is 104 cm³/mol. The van der Waals surface area contributed by atoms with Crippen LogP contribution >= 0.6 is 0 Å². The first-order valence-corrected chi connectivity index (χ1v) is 9.72. The highest BCUT2D eigenvalue weighted by Gasteiger charge is 2.26. The van der Waals surface area contributed by atoms with E-state index in [2.05, 4.69) is 10.3 Å². The zero-order chi connectivity index (χ0) is 20.1. The molecule has 1 amide bonds. The Morgan fingerprint density at radius 2 is 2.00 bits per heavy atom. The number of rotatable bonds is 9. The van der Waals surface area contributed by atoms with Crippen molar-refractivity contribution < 1.29 is 19.1 Å². The number of carbonyl (C=O) groups excluding carboxylic acids is 1. The molecule has 0 aliphatic heterocycles. The van der Waals surface area contributed by atoms with Crippen molar-refractivity contribution in [2.75, 3.05) is 6.54 Å². The summed E-state index contributed by atoms with van der Waals surface area (Å²) in [6, 6.07) is 8.19. The third-order valence-electron chi connectivity index (χ3n) is 5.05. The molecule has 1 fully saturated rings. The molecule has 0 bridgehead atoms. The van der Waals surface area contributed by atoms with Gasteiger partial charge in [0.05, 0.1) is 5.92 Å². The lowest BCUT2D eigenvalue weighted by Crippen LogP contribution is -2.34. The van der Waals surface area contributed by atoms with Crippen LogP contribution in [0.5, 0.6) is 0 Å². The summed E-state index contributed by atoms with van der Waals surface area (Å²) in [5, 5.41) is 12.0. The minimum Gasteiger partial charge on any atom is -0.481 e. The maximum atomic E-state index is 13.2. The number of benzene rings is 1. The number of carbonyl (C=O) groups is 2. The Kier molecular flexibility index (Phi) is 6.39. The van der Waals surface area contributed by atoms with Crippen molar-refractivity contribution in [1.29, 1.82) is 0 Å². The van der Waals surface area contributed by atoms with Crippen molar-refractivity contribution in [3.8, 4) is 0 Å². The highest BCUT2D eigenvalue weighted by molar-refractivity contribution is 5.94. The fourth-order valence-corrected chi connectivity index (χ4v) is 3.29. The van der Waals surface area contributed by atoms with E-state index in [4.69, 9.17) is 0 Å². The van der Waals surface area contributed by atoms with Crippen molar-refractivity contribution in [2.45, 2.75) is 44.9 Å². The van der Waals surface area contributed by atoms with Crippen molar-refractivity contribution in [2.24, 2.45) is 5.92 Å². The molecule has 1 aliphatic carbocycles. The molecule has 0 unspecified atom stereocenters. The van der Waals surface area contributed by atoms with Gasteiger partial charge in [0.1, 0.15) is 11.5 Å². The molecule has 1 aliphatic rings. The zero-order valence-electron chi connectivity index (χ0n) is 16.0. The molecule has 28 heavy (non-hydrogen) atoms. The SMILES string of the molecule is CCC[C@@H](CNC(=O)c1ncc(C2CC2)cc1Cc1ccc(F)cc1)C(=O)O. The molecule has 6 heteroatoms. The summed E-state index contributed by atoms with van der Waals surface area (Å²) in [5.74, 6) is -1.70. The summed E-state index contributed by atoms with van der Waals surface area (Å²) < 4.78 is 13.2. The first-order chi connectivity index (χ1) is 13.5. The second-order valence-corrected chi connectivity index (χ2v) is 7.39. The van der Waals surface area contributed by atoms with Gasteiger partial charge in [0.15, 0.2) is 0 Å². The van der Waals surface area contributed by atoms with Crippen LogP contribution in [0.3, 0.4) is 0 Å². The maximum absolute atomic E-state index is 13.2. The van der Waals surface area contributed by atoms with Crippen LogP contribution in [-0.2, 0) is 11.2 Å². The van der Waals surface area contributed by atoms with Crippen LogP contribution in [0.4, 0.5) is 4.39 Å². The van der Waals surface area contributed by atoms with Gasteiger partial charge in [-0.2, -0.15) is 0 Å². The zero-order valence-corrected chi connectivity index (χ0v) is 16.0. The Morgan fingerprint density at radius 3 is 2.61 bits per heavy atom. The Bertz CT molecular complexity index is 847. The maximum Gasteiger partial charge on any atom is 0.308 e. The highest BCUT2D eigenvalue weighted by atomic mass is 19.1. The number of aliphatic carboxylic acids is 1. The minimum atomic E-state index is -0.911. The molecular formula is C22H25FN2O3. The van der Waals surface area contributed by atoms with E-state index in [0.29, 0.717) is 24.5 Å². The quantitative estimate of drug-likeness (QED) is 0.687. The van der Waals surface area contributed by atoms with E-state index in [9.17, 15) is 19.1 Å². The number of nitrogens with zero attached hydrogens (tertiary/aromatic N) is 1. The Morgan fingerprint density at radius 1 is 1.29 bits per heavy atom. The average molecular weight is 384 g/mol. The van der Waals surface area contributed by atoms with Gasteiger partial charge in [-0.1, -0.05) is 31.5 Å². The third kappa shape index (κ3) is 5.15. The van der Waals surface area contributed by atoms with Crippen molar-refractivity contribution >= 4 is 11.9 Å². The number of halogens is 1. The van der Waals surface area contributed by atoms with Crippen LogP contribution in [-0.4, -0.2) is 28.5 Å². The van der Waals surface area contributed by atoms with Gasteiger partial charge in [0.2, 0.25) is 0 Å². The van der Waals surface area contributed by atoms with Gasteiger partial charge in [-0.05, 0) is 60.4 Å². The topological polar surface area (TPSA) is 79.3 Å². The number of pyridine rings is 1. The molecule has 1 aromatic heterocycles. The summed E-state index contributed by atoms with van der Waals surface area (Å²) in [4.78, 5) is 28.4. The van der Waals surface area contributed by atoms with E-state index in [-0.39, 0.29) is 18.3 Å². The van der Waals surface area contributed by atoms with Crippen LogP contribution in [0.1, 0.15) is 65.7 Å². The number of hydrogen-bond donors (Lipinski definition) is 2. The van der Waals surface area contributed by atoms with Gasteiger partial charge < -0.3 is 10.4 Å². The van der Waals surface area contributed by atoms with Crippen LogP contribution in [0.15, 0.2) is 36.5 Å². The lowest BCUT2D eigenvalue weighted by atomic mass is 9.99. The first kappa shape index (κ1) is 20.0. The van der Waals surface area contributed by atoms with E-state index in [1.165, 1.54) is 12.1 Å². The number of nitrogens with one attached hydrogen (secondary N) is 1. The fraction of sp³-hybridized carbons (Fsp3) is 0.409. The first-order valence-electron chi connectivity index (χ1n) is 9.72. The highest BCUT2D eigenvalue weighted by Crippen LogP contribution is 2.40. The predicted octanol–water partition coefficient (Wildman–Crippen LogP) is 3.92. The number of hydrogen-bond acceptors (Lipinski definition) is 3. The molecule has 1 atom stereocenters. The fourth-order valence-electron chi connectivity index (χ4n) is 3.29. The van der Waals surface area contributed by atoms with Crippen LogP contribution in [0.25, 0.3) is 0 Å². The van der Waals surface area contributed by atoms with Gasteiger partial charge in [-0.15, -0.1) is 0 Å². The van der Waals surface area contributed by atoms with Crippen molar-refractivity contribution in [1.82, 2.24) is 10.3 Å². The van der Waals surface area contributed by atoms with Gasteiger partial charge >= 0.3 is 5.97 Å². The molecule has 1 heterocycles. The van der Waals surface area contributed by atoms with Crippen molar-refractivity contribution in [3.05, 3.63) is 64.7 Å². The lowest BCUT2D eigenvalue weighted by molar-refractivity contribution is -0.141. The minimum absolute atomic E-state index is 0.0735. The van der Waals surface area contributed by atoms with Gasteiger partial charge in [-0.3, -0.25) is 14.6 Å². The summed E-state index contributed by atoms with van der Waals surface area (Å²) in [6.07, 6.45) is 5.69. The number of aromatic nitrogens is 1. The normalized spacial score (nSPS) is 14.5. The van der Waals surface area contributed by atoms with Gasteiger partial charge in [-0.25, -0.2) is 4.39 Å². The Balaban J connectivity index is 1.79. The molecule has 3 rings (SSSR count). The molecule has 0 spiro atoms. The smallest absolute Gasteiger partial charge is 0.308 e. The standard InChI is InChI=1S/C22H25FN2O3/c1-2-3-16(22(27)28)12-25-21(26)20-17(10-14-4-8-19(23)9-5-14)11-18(13-24-20)15-6-7-15/h4-5,8-9,11,13,15-16H,2-3,6-7,10,12H2,1H3,(H,25,26)(H,27,28)/t16-/m0/s1. The molecule has 0 saturated heterocycles. The number of amides is 1. The van der Waals surface area contributed by atoms with E-state index in [1.807, 2.05) is 13.0 Å². The molecule has 1 aromatic carbocycles. The molecule has 1 saturated carbocycles.